The van der Waals surface area contributed by atoms with Gasteiger partial charge in [0.05, 0.1) is 12.2 Å². The fourth-order valence-corrected chi connectivity index (χ4v) is 3.22. The van der Waals surface area contributed by atoms with Crippen molar-refractivity contribution in [1.29, 1.82) is 0 Å². The van der Waals surface area contributed by atoms with Crippen LogP contribution >= 0.6 is 0 Å². The number of rotatable bonds is 7. The number of hydrogen-bond donors (Lipinski definition) is 0. The van der Waals surface area contributed by atoms with Crippen LogP contribution in [-0.2, 0) is 0 Å². The van der Waals surface area contributed by atoms with E-state index in [-0.39, 0.29) is 5.78 Å². The molecule has 1 saturated heterocycles. The number of hydrogen-bond acceptors (Lipinski definition) is 3. The maximum Gasteiger partial charge on any atom is 0.167 e. The van der Waals surface area contributed by atoms with Crippen molar-refractivity contribution < 1.29 is 9.53 Å². The van der Waals surface area contributed by atoms with Crippen molar-refractivity contribution in [3.63, 3.8) is 0 Å². The lowest BCUT2D eigenvalue weighted by molar-refractivity contribution is 0.0945. The molecule has 0 aliphatic carbocycles. The zero-order valence-electron chi connectivity index (χ0n) is 15.2. The summed E-state index contributed by atoms with van der Waals surface area (Å²) in [6.45, 7) is 12.3. The Morgan fingerprint density at radius 1 is 1.30 bits per heavy atom. The summed E-state index contributed by atoms with van der Waals surface area (Å²) in [5.41, 5.74) is 3.09. The zero-order valence-corrected chi connectivity index (χ0v) is 15.2. The largest absolute Gasteiger partial charge is 0.493 e. The first-order chi connectivity index (χ1) is 11.0. The maximum absolute atomic E-state index is 12.7. The number of carbonyl (C=O) groups excluding carboxylic acids is 1. The quantitative estimate of drug-likeness (QED) is 0.698. The van der Waals surface area contributed by atoms with Crippen molar-refractivity contribution in [3.8, 4) is 5.75 Å². The van der Waals surface area contributed by atoms with Crippen molar-refractivity contribution in [2.45, 2.75) is 53.4 Å². The van der Waals surface area contributed by atoms with Crippen LogP contribution in [0.3, 0.4) is 0 Å². The first-order valence-electron chi connectivity index (χ1n) is 9.00. The summed E-state index contributed by atoms with van der Waals surface area (Å²) in [5.74, 6) is 1.72. The van der Waals surface area contributed by atoms with Gasteiger partial charge in [0.2, 0.25) is 0 Å². The van der Waals surface area contributed by atoms with E-state index in [1.54, 1.807) is 0 Å². The van der Waals surface area contributed by atoms with Crippen molar-refractivity contribution in [1.82, 2.24) is 4.90 Å². The van der Waals surface area contributed by atoms with Crippen molar-refractivity contribution in [2.75, 3.05) is 26.2 Å². The summed E-state index contributed by atoms with van der Waals surface area (Å²) in [4.78, 5) is 15.1. The first kappa shape index (κ1) is 18.0. The SMILES string of the molecule is CCCOc1cc(C)c(C)cc1C(=O)CCN1CCCC(C)C1. The molecule has 23 heavy (non-hydrogen) atoms. The van der Waals surface area contributed by atoms with Gasteiger partial charge in [-0.25, -0.2) is 0 Å². The van der Waals surface area contributed by atoms with E-state index in [9.17, 15) is 4.79 Å². The Kier molecular flexibility index (Phi) is 6.64. The molecule has 128 valence electrons. The Bertz CT molecular complexity index is 539. The van der Waals surface area contributed by atoms with E-state index >= 15 is 0 Å². The summed E-state index contributed by atoms with van der Waals surface area (Å²) in [5, 5.41) is 0. The van der Waals surface area contributed by atoms with Crippen molar-refractivity contribution in [3.05, 3.63) is 28.8 Å². The Morgan fingerprint density at radius 3 is 2.74 bits per heavy atom. The van der Waals surface area contributed by atoms with E-state index < -0.39 is 0 Å². The van der Waals surface area contributed by atoms with Crippen LogP contribution in [0, 0.1) is 19.8 Å². The fraction of sp³-hybridized carbons (Fsp3) is 0.650. The van der Waals surface area contributed by atoms with Gasteiger partial charge < -0.3 is 9.64 Å². The molecule has 3 nitrogen and oxygen atoms in total. The molecule has 1 heterocycles. The molecule has 0 radical (unpaired) electrons. The summed E-state index contributed by atoms with van der Waals surface area (Å²) < 4.78 is 5.82. The highest BCUT2D eigenvalue weighted by atomic mass is 16.5. The van der Waals surface area contributed by atoms with Gasteiger partial charge in [0.15, 0.2) is 5.78 Å². The molecule has 0 N–H and O–H groups in total. The predicted molar refractivity (Wildman–Crippen MR) is 95.5 cm³/mol. The van der Waals surface area contributed by atoms with E-state index in [0.29, 0.717) is 13.0 Å². The van der Waals surface area contributed by atoms with Crippen LogP contribution in [0.2, 0.25) is 0 Å². The third-order valence-electron chi connectivity index (χ3n) is 4.75. The molecule has 1 aliphatic rings. The fourth-order valence-electron chi connectivity index (χ4n) is 3.22. The van der Waals surface area contributed by atoms with Crippen molar-refractivity contribution >= 4 is 5.78 Å². The number of carbonyl (C=O) groups is 1. The molecular formula is C20H31NO2. The van der Waals surface area contributed by atoms with Gasteiger partial charge >= 0.3 is 0 Å². The number of Topliss-reactive ketones (excluding diaryl/α,β-unsaturated/α-hetero) is 1. The number of aryl methyl sites for hydroxylation is 2. The molecule has 3 heteroatoms. The van der Waals surface area contributed by atoms with Gasteiger partial charge in [-0.3, -0.25) is 4.79 Å². The van der Waals surface area contributed by atoms with Gasteiger partial charge in [0, 0.05) is 19.5 Å². The molecule has 1 aliphatic heterocycles. The summed E-state index contributed by atoms with van der Waals surface area (Å²) in [6, 6.07) is 4.02. The van der Waals surface area contributed by atoms with Crippen LogP contribution in [0.5, 0.6) is 5.75 Å². The Balaban J connectivity index is 2.03. The summed E-state index contributed by atoms with van der Waals surface area (Å²) in [6.07, 6.45) is 4.10. The van der Waals surface area contributed by atoms with Crippen LogP contribution < -0.4 is 4.74 Å². The van der Waals surface area contributed by atoms with Crippen molar-refractivity contribution in [2.24, 2.45) is 5.92 Å². The minimum absolute atomic E-state index is 0.206. The molecule has 1 aromatic rings. The summed E-state index contributed by atoms with van der Waals surface area (Å²) >= 11 is 0. The lowest BCUT2D eigenvalue weighted by Crippen LogP contribution is -2.35. The number of nitrogens with zero attached hydrogens (tertiary/aromatic N) is 1. The Hall–Kier alpha value is -1.35. The molecule has 2 rings (SSSR count). The highest BCUT2D eigenvalue weighted by Crippen LogP contribution is 2.25. The second-order valence-corrected chi connectivity index (χ2v) is 7.00. The Morgan fingerprint density at radius 2 is 2.04 bits per heavy atom. The third-order valence-corrected chi connectivity index (χ3v) is 4.75. The average molecular weight is 317 g/mol. The van der Waals surface area contributed by atoms with Gasteiger partial charge in [0.1, 0.15) is 5.75 Å². The molecule has 0 spiro atoms. The average Bonchev–Trinajstić information content (AvgIpc) is 2.53. The van der Waals surface area contributed by atoms with Gasteiger partial charge in [-0.15, -0.1) is 0 Å². The lowest BCUT2D eigenvalue weighted by atomic mass is 9.98. The molecule has 0 saturated carbocycles. The highest BCUT2D eigenvalue weighted by molar-refractivity contribution is 5.99. The maximum atomic E-state index is 12.7. The second kappa shape index (κ2) is 8.49. The predicted octanol–water partition coefficient (Wildman–Crippen LogP) is 4.40. The minimum Gasteiger partial charge on any atom is -0.493 e. The van der Waals surface area contributed by atoms with E-state index in [1.807, 2.05) is 12.1 Å². The standard InChI is InChI=1S/C20H31NO2/c1-5-11-23-20-13-17(4)16(3)12-18(20)19(22)8-10-21-9-6-7-15(2)14-21/h12-13,15H,5-11,14H2,1-4H3. The smallest absolute Gasteiger partial charge is 0.167 e. The third kappa shape index (κ3) is 5.07. The van der Waals surface area contributed by atoms with Crippen LogP contribution in [0.1, 0.15) is 61.0 Å². The molecule has 1 unspecified atom stereocenters. The molecule has 0 aromatic heterocycles. The van der Waals surface area contributed by atoms with Gasteiger partial charge in [-0.1, -0.05) is 13.8 Å². The molecule has 0 bridgehead atoms. The molecular weight excluding hydrogens is 286 g/mol. The summed E-state index contributed by atoms with van der Waals surface area (Å²) in [7, 11) is 0. The number of ketones is 1. The first-order valence-corrected chi connectivity index (χ1v) is 9.00. The lowest BCUT2D eigenvalue weighted by Gasteiger charge is -2.30. The van der Waals surface area contributed by atoms with E-state index in [2.05, 4.69) is 32.6 Å². The van der Waals surface area contributed by atoms with E-state index in [0.717, 1.165) is 48.8 Å². The number of piperidine rings is 1. The number of ether oxygens (including phenoxy) is 1. The van der Waals surface area contributed by atoms with E-state index in [4.69, 9.17) is 4.74 Å². The minimum atomic E-state index is 0.206. The monoisotopic (exact) mass is 317 g/mol. The van der Waals surface area contributed by atoms with Gasteiger partial charge in [-0.05, 0) is 68.8 Å². The molecule has 0 amide bonds. The number of likely N-dealkylation sites (tertiary alicyclic amines) is 1. The van der Waals surface area contributed by atoms with Crippen LogP contribution in [0.15, 0.2) is 12.1 Å². The molecule has 1 atom stereocenters. The Labute approximate surface area is 141 Å². The van der Waals surface area contributed by atoms with E-state index in [1.165, 1.54) is 18.4 Å². The van der Waals surface area contributed by atoms with Crippen LogP contribution in [-0.4, -0.2) is 36.9 Å². The highest BCUT2D eigenvalue weighted by Gasteiger charge is 2.19. The zero-order chi connectivity index (χ0) is 16.8. The topological polar surface area (TPSA) is 29.5 Å². The molecule has 1 aromatic carbocycles. The second-order valence-electron chi connectivity index (χ2n) is 7.00. The molecule has 1 fully saturated rings. The normalized spacial score (nSPS) is 18.9. The van der Waals surface area contributed by atoms with Gasteiger partial charge in [-0.2, -0.15) is 0 Å². The van der Waals surface area contributed by atoms with Crippen LogP contribution in [0.4, 0.5) is 0 Å². The van der Waals surface area contributed by atoms with Crippen LogP contribution in [0.25, 0.3) is 0 Å². The van der Waals surface area contributed by atoms with Gasteiger partial charge in [0.25, 0.3) is 0 Å². The number of benzene rings is 1.